The van der Waals surface area contributed by atoms with E-state index in [1.807, 2.05) is 12.1 Å². The van der Waals surface area contributed by atoms with Crippen molar-refractivity contribution in [3.8, 4) is 0 Å². The molecule has 1 nitrogen and oxygen atoms in total. The van der Waals surface area contributed by atoms with E-state index < -0.39 is 0 Å². The fourth-order valence-electron chi connectivity index (χ4n) is 1.74. The van der Waals surface area contributed by atoms with Crippen LogP contribution in [0.15, 0.2) is 23.2 Å². The third-order valence-electron chi connectivity index (χ3n) is 2.38. The summed E-state index contributed by atoms with van der Waals surface area (Å²) in [6, 6.07) is 6.00. The number of nitrogens with zero attached hydrogens (tertiary/aromatic N) is 1. The van der Waals surface area contributed by atoms with Gasteiger partial charge in [0.15, 0.2) is 0 Å². The van der Waals surface area contributed by atoms with Crippen LogP contribution in [0.4, 0.5) is 0 Å². The van der Waals surface area contributed by atoms with Gasteiger partial charge in [0.25, 0.3) is 0 Å². The van der Waals surface area contributed by atoms with E-state index in [2.05, 4.69) is 18.0 Å². The Balaban J connectivity index is 2.49. The number of hydrogen-bond acceptors (Lipinski definition) is 1. The maximum atomic E-state index is 6.13. The van der Waals surface area contributed by atoms with Gasteiger partial charge in [0.2, 0.25) is 0 Å². The lowest BCUT2D eigenvalue weighted by Gasteiger charge is -2.06. The summed E-state index contributed by atoms with van der Waals surface area (Å²) in [6.45, 7) is 3.04. The standard InChI is InChI=1S/C11H12ClN/c1-8-4-2-5-9(12)11(8)10-6-3-7-13-10/h2,4-5H,3,6-7H2,1H3. The Morgan fingerprint density at radius 1 is 1.38 bits per heavy atom. The molecule has 0 amide bonds. The van der Waals surface area contributed by atoms with Crippen LogP contribution in [0, 0.1) is 6.92 Å². The van der Waals surface area contributed by atoms with Gasteiger partial charge < -0.3 is 0 Å². The minimum Gasteiger partial charge on any atom is -0.289 e. The van der Waals surface area contributed by atoms with E-state index >= 15 is 0 Å². The maximum absolute atomic E-state index is 6.13. The normalized spacial score (nSPS) is 16.0. The molecule has 13 heavy (non-hydrogen) atoms. The highest BCUT2D eigenvalue weighted by Gasteiger charge is 2.13. The van der Waals surface area contributed by atoms with Crippen LogP contribution in [0.3, 0.4) is 0 Å². The molecule has 0 saturated carbocycles. The Kier molecular flexibility index (Phi) is 2.36. The molecule has 0 unspecified atom stereocenters. The fourth-order valence-corrected chi connectivity index (χ4v) is 2.07. The first-order valence-corrected chi connectivity index (χ1v) is 4.95. The molecule has 68 valence electrons. The van der Waals surface area contributed by atoms with Crippen molar-refractivity contribution < 1.29 is 0 Å². The minimum atomic E-state index is 0.834. The van der Waals surface area contributed by atoms with Crippen LogP contribution in [0.5, 0.6) is 0 Å². The summed E-state index contributed by atoms with van der Waals surface area (Å²) in [4.78, 5) is 4.46. The van der Waals surface area contributed by atoms with Crippen LogP contribution >= 0.6 is 11.6 Å². The lowest BCUT2D eigenvalue weighted by atomic mass is 10.0. The Morgan fingerprint density at radius 2 is 2.23 bits per heavy atom. The quantitative estimate of drug-likeness (QED) is 0.650. The molecule has 2 heteroatoms. The molecule has 0 bridgehead atoms. The van der Waals surface area contributed by atoms with Crippen molar-refractivity contribution in [1.82, 2.24) is 0 Å². The first-order valence-electron chi connectivity index (χ1n) is 4.58. The average Bonchev–Trinajstić information content (AvgIpc) is 2.57. The summed E-state index contributed by atoms with van der Waals surface area (Å²) in [7, 11) is 0. The van der Waals surface area contributed by atoms with Gasteiger partial charge in [-0.05, 0) is 31.4 Å². The summed E-state index contributed by atoms with van der Waals surface area (Å²) in [5, 5.41) is 0.834. The van der Waals surface area contributed by atoms with E-state index in [4.69, 9.17) is 11.6 Å². The zero-order valence-corrected chi connectivity index (χ0v) is 8.43. The van der Waals surface area contributed by atoms with Crippen LogP contribution in [-0.4, -0.2) is 12.3 Å². The molecular formula is C11H12ClN. The molecule has 0 spiro atoms. The molecule has 1 heterocycles. The topological polar surface area (TPSA) is 12.4 Å². The first kappa shape index (κ1) is 8.76. The van der Waals surface area contributed by atoms with Gasteiger partial charge in [0, 0.05) is 22.8 Å². The van der Waals surface area contributed by atoms with E-state index in [0.717, 1.165) is 23.6 Å². The van der Waals surface area contributed by atoms with Crippen molar-refractivity contribution in [3.63, 3.8) is 0 Å². The molecule has 1 aliphatic rings. The molecule has 1 aromatic rings. The second kappa shape index (κ2) is 3.51. The Morgan fingerprint density at radius 3 is 2.85 bits per heavy atom. The van der Waals surface area contributed by atoms with Gasteiger partial charge in [0.1, 0.15) is 0 Å². The van der Waals surface area contributed by atoms with Crippen molar-refractivity contribution in [2.75, 3.05) is 6.54 Å². The SMILES string of the molecule is Cc1cccc(Cl)c1C1=NCCC1. The van der Waals surface area contributed by atoms with E-state index in [0.29, 0.717) is 0 Å². The van der Waals surface area contributed by atoms with Crippen molar-refractivity contribution in [2.24, 2.45) is 4.99 Å². The van der Waals surface area contributed by atoms with E-state index in [1.165, 1.54) is 17.7 Å². The zero-order chi connectivity index (χ0) is 9.26. The second-order valence-corrected chi connectivity index (χ2v) is 3.77. The van der Waals surface area contributed by atoms with Gasteiger partial charge in [-0.1, -0.05) is 23.7 Å². The summed E-state index contributed by atoms with van der Waals surface area (Å²) in [5.41, 5.74) is 3.57. The number of halogens is 1. The smallest absolute Gasteiger partial charge is 0.0499 e. The molecule has 0 N–H and O–H groups in total. The van der Waals surface area contributed by atoms with Crippen molar-refractivity contribution in [1.29, 1.82) is 0 Å². The molecule has 1 aromatic carbocycles. The fraction of sp³-hybridized carbons (Fsp3) is 0.364. The van der Waals surface area contributed by atoms with E-state index in [-0.39, 0.29) is 0 Å². The van der Waals surface area contributed by atoms with Gasteiger partial charge in [0.05, 0.1) is 0 Å². The van der Waals surface area contributed by atoms with Gasteiger partial charge in [-0.15, -0.1) is 0 Å². The molecule has 0 saturated heterocycles. The Bertz CT molecular complexity index is 335. The van der Waals surface area contributed by atoms with E-state index in [1.54, 1.807) is 0 Å². The van der Waals surface area contributed by atoms with Crippen molar-refractivity contribution >= 4 is 17.3 Å². The molecule has 0 fully saturated rings. The summed E-state index contributed by atoms with van der Waals surface area (Å²) >= 11 is 6.13. The summed E-state index contributed by atoms with van der Waals surface area (Å²) < 4.78 is 0. The maximum Gasteiger partial charge on any atom is 0.0499 e. The lowest BCUT2D eigenvalue weighted by molar-refractivity contribution is 0.951. The third-order valence-corrected chi connectivity index (χ3v) is 2.70. The van der Waals surface area contributed by atoms with Gasteiger partial charge in [-0.25, -0.2) is 0 Å². The average molecular weight is 194 g/mol. The monoisotopic (exact) mass is 193 g/mol. The Labute approximate surface area is 83.4 Å². The van der Waals surface area contributed by atoms with Crippen LogP contribution in [-0.2, 0) is 0 Å². The predicted molar refractivity (Wildman–Crippen MR) is 56.8 cm³/mol. The van der Waals surface area contributed by atoms with Gasteiger partial charge >= 0.3 is 0 Å². The molecular weight excluding hydrogens is 182 g/mol. The highest BCUT2D eigenvalue weighted by molar-refractivity contribution is 6.34. The largest absolute Gasteiger partial charge is 0.289 e. The number of aliphatic imine (C=N–C) groups is 1. The highest BCUT2D eigenvalue weighted by atomic mass is 35.5. The number of benzene rings is 1. The molecule has 1 aliphatic heterocycles. The van der Waals surface area contributed by atoms with Crippen LogP contribution in [0.1, 0.15) is 24.0 Å². The van der Waals surface area contributed by atoms with Crippen molar-refractivity contribution in [2.45, 2.75) is 19.8 Å². The summed E-state index contributed by atoms with van der Waals surface area (Å²) in [5.74, 6) is 0. The lowest BCUT2D eigenvalue weighted by Crippen LogP contribution is -2.00. The number of aryl methyl sites for hydroxylation is 1. The number of hydrogen-bond donors (Lipinski definition) is 0. The minimum absolute atomic E-state index is 0.834. The molecule has 0 aromatic heterocycles. The number of rotatable bonds is 1. The predicted octanol–water partition coefficient (Wildman–Crippen LogP) is 3.23. The van der Waals surface area contributed by atoms with Crippen LogP contribution < -0.4 is 0 Å². The Hall–Kier alpha value is -0.820. The molecule has 0 aliphatic carbocycles. The highest BCUT2D eigenvalue weighted by Crippen LogP contribution is 2.24. The van der Waals surface area contributed by atoms with Gasteiger partial charge in [-0.3, -0.25) is 4.99 Å². The summed E-state index contributed by atoms with van der Waals surface area (Å²) in [6.07, 6.45) is 2.24. The van der Waals surface area contributed by atoms with Gasteiger partial charge in [-0.2, -0.15) is 0 Å². The van der Waals surface area contributed by atoms with Crippen molar-refractivity contribution in [3.05, 3.63) is 34.3 Å². The molecule has 0 atom stereocenters. The van der Waals surface area contributed by atoms with Crippen LogP contribution in [0.2, 0.25) is 5.02 Å². The van der Waals surface area contributed by atoms with Crippen LogP contribution in [0.25, 0.3) is 0 Å². The van der Waals surface area contributed by atoms with E-state index in [9.17, 15) is 0 Å². The first-order chi connectivity index (χ1) is 6.29. The molecule has 2 rings (SSSR count). The molecule has 0 radical (unpaired) electrons. The second-order valence-electron chi connectivity index (χ2n) is 3.36. The zero-order valence-electron chi connectivity index (χ0n) is 7.68. The third kappa shape index (κ3) is 1.61.